The first-order chi connectivity index (χ1) is 10.2. The van der Waals surface area contributed by atoms with Gasteiger partial charge in [0.05, 0.1) is 12.6 Å². The van der Waals surface area contributed by atoms with Gasteiger partial charge in [-0.3, -0.25) is 10.1 Å². The molecule has 1 amide bonds. The summed E-state index contributed by atoms with van der Waals surface area (Å²) in [5.41, 5.74) is 2.46. The molecule has 1 fully saturated rings. The summed E-state index contributed by atoms with van der Waals surface area (Å²) >= 11 is 0. The highest BCUT2D eigenvalue weighted by Crippen LogP contribution is 2.27. The molecule has 116 valence electrons. The summed E-state index contributed by atoms with van der Waals surface area (Å²) in [5, 5.41) is 3.48. The zero-order chi connectivity index (χ0) is 15.2. The Bertz CT molecular complexity index is 458. The Labute approximate surface area is 127 Å². The molecule has 4 heteroatoms. The van der Waals surface area contributed by atoms with Crippen LogP contribution in [0.15, 0.2) is 24.3 Å². The fourth-order valence-electron chi connectivity index (χ4n) is 2.82. The van der Waals surface area contributed by atoms with Crippen molar-refractivity contribution in [2.75, 3.05) is 20.3 Å². The second-order valence-electron chi connectivity index (χ2n) is 5.53. The molecule has 0 bridgehead atoms. The van der Waals surface area contributed by atoms with E-state index in [1.807, 2.05) is 4.90 Å². The number of hydrogen-bond donors (Lipinski definition) is 1. The summed E-state index contributed by atoms with van der Waals surface area (Å²) in [7, 11) is 1.67. The molecule has 0 aliphatic carbocycles. The third-order valence-electron chi connectivity index (χ3n) is 4.07. The third kappa shape index (κ3) is 3.63. The van der Waals surface area contributed by atoms with Crippen molar-refractivity contribution in [1.82, 2.24) is 10.2 Å². The van der Waals surface area contributed by atoms with Gasteiger partial charge in [0.25, 0.3) is 0 Å². The second kappa shape index (κ2) is 7.57. The van der Waals surface area contributed by atoms with E-state index in [0.717, 1.165) is 24.8 Å². The van der Waals surface area contributed by atoms with Crippen molar-refractivity contribution in [3.05, 3.63) is 35.4 Å². The van der Waals surface area contributed by atoms with Gasteiger partial charge in [0.2, 0.25) is 5.91 Å². The smallest absolute Gasteiger partial charge is 0.241 e. The van der Waals surface area contributed by atoms with E-state index in [1.165, 1.54) is 5.56 Å². The molecule has 1 saturated heterocycles. The van der Waals surface area contributed by atoms with Crippen LogP contribution in [0.2, 0.25) is 0 Å². The summed E-state index contributed by atoms with van der Waals surface area (Å²) in [5.74, 6) is 0.193. The number of hydrogen-bond acceptors (Lipinski definition) is 3. The van der Waals surface area contributed by atoms with Crippen LogP contribution in [0, 0.1) is 0 Å². The lowest BCUT2D eigenvalue weighted by Crippen LogP contribution is -2.33. The largest absolute Gasteiger partial charge is 0.383 e. The number of nitrogens with zero attached hydrogens (tertiary/aromatic N) is 1. The Morgan fingerprint density at radius 3 is 2.52 bits per heavy atom. The number of nitrogens with one attached hydrogen (secondary N) is 1. The Morgan fingerprint density at radius 2 is 1.95 bits per heavy atom. The standard InChI is InChI=1S/C17H26N2O2/c1-4-6-15-17(20)19(11-12-21-3)16(18-15)14-9-7-13(5-2)8-10-14/h7-10,15-16,18H,4-6,11-12H2,1-3H3. The number of rotatable bonds is 7. The molecular formula is C17H26N2O2. The minimum atomic E-state index is -0.0669. The van der Waals surface area contributed by atoms with Crippen LogP contribution in [-0.4, -0.2) is 37.1 Å². The molecule has 1 aromatic rings. The molecule has 1 aromatic carbocycles. The van der Waals surface area contributed by atoms with Crippen LogP contribution in [0.5, 0.6) is 0 Å². The lowest BCUT2D eigenvalue weighted by atomic mass is 10.1. The molecule has 0 saturated carbocycles. The lowest BCUT2D eigenvalue weighted by molar-refractivity contribution is -0.130. The molecule has 21 heavy (non-hydrogen) atoms. The highest BCUT2D eigenvalue weighted by atomic mass is 16.5. The van der Waals surface area contributed by atoms with E-state index in [1.54, 1.807) is 7.11 Å². The van der Waals surface area contributed by atoms with Crippen molar-refractivity contribution in [2.45, 2.75) is 45.3 Å². The summed E-state index contributed by atoms with van der Waals surface area (Å²) in [6.45, 7) is 5.45. The Morgan fingerprint density at radius 1 is 1.24 bits per heavy atom. The van der Waals surface area contributed by atoms with Crippen LogP contribution in [0.1, 0.15) is 44.0 Å². The number of ether oxygens (including phenoxy) is 1. The maximum absolute atomic E-state index is 12.5. The Hall–Kier alpha value is -1.39. The molecule has 0 spiro atoms. The number of carbonyl (C=O) groups is 1. The van der Waals surface area contributed by atoms with Crippen LogP contribution in [-0.2, 0) is 16.0 Å². The molecule has 1 aliphatic heterocycles. The molecule has 1 heterocycles. The minimum absolute atomic E-state index is 0.0323. The predicted octanol–water partition coefficient (Wildman–Crippen LogP) is 2.49. The molecule has 4 nitrogen and oxygen atoms in total. The van der Waals surface area contributed by atoms with Crippen molar-refractivity contribution in [3.63, 3.8) is 0 Å². The molecule has 0 aromatic heterocycles. The first-order valence-corrected chi connectivity index (χ1v) is 7.85. The number of aryl methyl sites for hydroxylation is 1. The van der Waals surface area contributed by atoms with E-state index < -0.39 is 0 Å². The summed E-state index contributed by atoms with van der Waals surface area (Å²) < 4.78 is 5.15. The number of benzene rings is 1. The van der Waals surface area contributed by atoms with E-state index in [9.17, 15) is 4.79 Å². The lowest BCUT2D eigenvalue weighted by Gasteiger charge is -2.24. The SMILES string of the molecule is CCCC1NC(c2ccc(CC)cc2)N(CCOC)C1=O. The maximum Gasteiger partial charge on any atom is 0.241 e. The fraction of sp³-hybridized carbons (Fsp3) is 0.588. The maximum atomic E-state index is 12.5. The Balaban J connectivity index is 2.18. The van der Waals surface area contributed by atoms with Crippen molar-refractivity contribution < 1.29 is 9.53 Å². The zero-order valence-corrected chi connectivity index (χ0v) is 13.3. The molecule has 1 aliphatic rings. The van der Waals surface area contributed by atoms with Crippen molar-refractivity contribution in [2.24, 2.45) is 0 Å². The van der Waals surface area contributed by atoms with Gasteiger partial charge in [0, 0.05) is 13.7 Å². The first kappa shape index (κ1) is 16.0. The van der Waals surface area contributed by atoms with Crippen molar-refractivity contribution in [3.8, 4) is 0 Å². The van der Waals surface area contributed by atoms with Gasteiger partial charge in [-0.15, -0.1) is 0 Å². The van der Waals surface area contributed by atoms with E-state index >= 15 is 0 Å². The van der Waals surface area contributed by atoms with E-state index in [-0.39, 0.29) is 18.1 Å². The van der Waals surface area contributed by atoms with Gasteiger partial charge in [-0.05, 0) is 24.0 Å². The van der Waals surface area contributed by atoms with Crippen LogP contribution in [0.25, 0.3) is 0 Å². The monoisotopic (exact) mass is 290 g/mol. The topological polar surface area (TPSA) is 41.6 Å². The van der Waals surface area contributed by atoms with Gasteiger partial charge in [-0.25, -0.2) is 0 Å². The number of carbonyl (C=O) groups excluding carboxylic acids is 1. The molecule has 2 unspecified atom stereocenters. The van der Waals surface area contributed by atoms with E-state index in [2.05, 4.69) is 43.4 Å². The second-order valence-corrected chi connectivity index (χ2v) is 5.53. The zero-order valence-electron chi connectivity index (χ0n) is 13.3. The highest BCUT2D eigenvalue weighted by Gasteiger charge is 2.38. The number of amides is 1. The normalized spacial score (nSPS) is 22.0. The van der Waals surface area contributed by atoms with Gasteiger partial charge >= 0.3 is 0 Å². The fourth-order valence-corrected chi connectivity index (χ4v) is 2.82. The average Bonchev–Trinajstić information content (AvgIpc) is 2.82. The first-order valence-electron chi connectivity index (χ1n) is 7.85. The molecule has 0 radical (unpaired) electrons. The molecule has 2 rings (SSSR count). The van der Waals surface area contributed by atoms with E-state index in [0.29, 0.717) is 13.2 Å². The Kier molecular flexibility index (Phi) is 5.76. The minimum Gasteiger partial charge on any atom is -0.383 e. The van der Waals surface area contributed by atoms with Crippen molar-refractivity contribution >= 4 is 5.91 Å². The molecule has 1 N–H and O–H groups in total. The van der Waals surface area contributed by atoms with Crippen LogP contribution >= 0.6 is 0 Å². The quantitative estimate of drug-likeness (QED) is 0.839. The van der Waals surface area contributed by atoms with Gasteiger partial charge < -0.3 is 9.64 Å². The number of methoxy groups -OCH3 is 1. The molecular weight excluding hydrogens is 264 g/mol. The van der Waals surface area contributed by atoms with Gasteiger partial charge in [0.15, 0.2) is 0 Å². The van der Waals surface area contributed by atoms with Gasteiger partial charge in [0.1, 0.15) is 6.17 Å². The molecule has 2 atom stereocenters. The van der Waals surface area contributed by atoms with Crippen LogP contribution < -0.4 is 5.32 Å². The van der Waals surface area contributed by atoms with Gasteiger partial charge in [-0.1, -0.05) is 44.5 Å². The summed E-state index contributed by atoms with van der Waals surface area (Å²) in [6, 6.07) is 8.46. The average molecular weight is 290 g/mol. The summed E-state index contributed by atoms with van der Waals surface area (Å²) in [6.07, 6.45) is 2.88. The highest BCUT2D eigenvalue weighted by molar-refractivity contribution is 5.84. The van der Waals surface area contributed by atoms with E-state index in [4.69, 9.17) is 4.74 Å². The van der Waals surface area contributed by atoms with Gasteiger partial charge in [-0.2, -0.15) is 0 Å². The van der Waals surface area contributed by atoms with Crippen molar-refractivity contribution in [1.29, 1.82) is 0 Å². The third-order valence-corrected chi connectivity index (χ3v) is 4.07. The summed E-state index contributed by atoms with van der Waals surface area (Å²) in [4.78, 5) is 14.4. The predicted molar refractivity (Wildman–Crippen MR) is 84.0 cm³/mol. The van der Waals surface area contributed by atoms with Crippen LogP contribution in [0.3, 0.4) is 0 Å². The van der Waals surface area contributed by atoms with Crippen LogP contribution in [0.4, 0.5) is 0 Å².